The maximum Gasteiger partial charge on any atom is 0.150 e. The summed E-state index contributed by atoms with van der Waals surface area (Å²) in [6, 6.07) is 10.5. The van der Waals surface area contributed by atoms with Gasteiger partial charge >= 0.3 is 0 Å². The van der Waals surface area contributed by atoms with Gasteiger partial charge in [0.25, 0.3) is 0 Å². The molecule has 2 heterocycles. The fraction of sp³-hybridized carbons (Fsp3) is 0.200. The lowest BCUT2D eigenvalue weighted by Crippen LogP contribution is -1.99. The molecule has 0 saturated carbocycles. The summed E-state index contributed by atoms with van der Waals surface area (Å²) < 4.78 is 29.3. The van der Waals surface area contributed by atoms with Gasteiger partial charge in [0.2, 0.25) is 0 Å². The molecule has 0 radical (unpaired) electrons. The molecule has 3 N–H and O–H groups in total. The number of halogens is 2. The highest BCUT2D eigenvalue weighted by atomic mass is 32.1. The number of benzene rings is 2. The number of hydrogen-bond donors (Lipinski definition) is 2. The van der Waals surface area contributed by atoms with Crippen LogP contribution in [0.1, 0.15) is 18.4 Å². The van der Waals surface area contributed by atoms with Crippen molar-refractivity contribution in [3.63, 3.8) is 0 Å². The van der Waals surface area contributed by atoms with Gasteiger partial charge in [-0.15, -0.1) is 11.3 Å². The van der Waals surface area contributed by atoms with E-state index in [4.69, 9.17) is 5.73 Å². The van der Waals surface area contributed by atoms with Crippen LogP contribution in [0.5, 0.6) is 0 Å². The molecule has 0 saturated heterocycles. The average Bonchev–Trinajstić information content (AvgIpc) is 3.17. The first-order valence-electron chi connectivity index (χ1n) is 8.35. The Bertz CT molecular complexity index is 1050. The van der Waals surface area contributed by atoms with Crippen molar-refractivity contribution < 1.29 is 8.78 Å². The van der Waals surface area contributed by atoms with Crippen LogP contribution in [0.15, 0.2) is 41.8 Å². The number of aromatic nitrogens is 1. The van der Waals surface area contributed by atoms with Gasteiger partial charge in [0.1, 0.15) is 11.6 Å². The van der Waals surface area contributed by atoms with E-state index in [2.05, 4.69) is 22.5 Å². The minimum Gasteiger partial charge on any atom is -0.352 e. The van der Waals surface area contributed by atoms with E-state index in [0.717, 1.165) is 47.5 Å². The van der Waals surface area contributed by atoms with Crippen molar-refractivity contribution in [3.05, 3.63) is 59.0 Å². The minimum atomic E-state index is -0.555. The van der Waals surface area contributed by atoms with Crippen LogP contribution in [0.3, 0.4) is 0 Å². The standard InChI is InChI=1S/C20H18F2N2S/c21-12-9-15-14(6-3-4-8-23)19(24-20(15)17(22)10-12)16-11-25-18-7-2-1-5-13(16)18/h1-2,5,7,9-11,24H,3-4,6,8,23H2. The Morgan fingerprint density at radius 2 is 1.88 bits per heavy atom. The molecule has 0 spiro atoms. The normalized spacial score (nSPS) is 11.6. The first kappa shape index (κ1) is 16.2. The molecule has 128 valence electrons. The van der Waals surface area contributed by atoms with E-state index in [-0.39, 0.29) is 0 Å². The van der Waals surface area contributed by atoms with E-state index in [1.807, 2.05) is 12.1 Å². The third-order valence-electron chi connectivity index (χ3n) is 4.56. The van der Waals surface area contributed by atoms with E-state index in [0.29, 0.717) is 17.4 Å². The Morgan fingerprint density at radius 1 is 1.04 bits per heavy atom. The number of nitrogens with one attached hydrogen (secondary N) is 1. The van der Waals surface area contributed by atoms with Crippen molar-refractivity contribution in [2.75, 3.05) is 6.54 Å². The Kier molecular flexibility index (Phi) is 4.27. The summed E-state index contributed by atoms with van der Waals surface area (Å²) in [6.07, 6.45) is 2.50. The van der Waals surface area contributed by atoms with Crippen LogP contribution in [-0.4, -0.2) is 11.5 Å². The summed E-state index contributed by atoms with van der Waals surface area (Å²) in [5.41, 5.74) is 8.87. The Balaban J connectivity index is 1.95. The highest BCUT2D eigenvalue weighted by molar-refractivity contribution is 7.17. The number of aromatic amines is 1. The smallest absolute Gasteiger partial charge is 0.150 e. The van der Waals surface area contributed by atoms with Crippen molar-refractivity contribution in [2.24, 2.45) is 5.73 Å². The molecule has 0 aliphatic carbocycles. The van der Waals surface area contributed by atoms with E-state index in [1.165, 1.54) is 10.8 Å². The van der Waals surface area contributed by atoms with Crippen molar-refractivity contribution in [2.45, 2.75) is 19.3 Å². The van der Waals surface area contributed by atoms with Crippen molar-refractivity contribution in [1.82, 2.24) is 4.98 Å². The zero-order valence-corrected chi connectivity index (χ0v) is 14.4. The fourth-order valence-electron chi connectivity index (χ4n) is 3.38. The third kappa shape index (κ3) is 2.83. The topological polar surface area (TPSA) is 41.8 Å². The second kappa shape index (κ2) is 6.58. The lowest BCUT2D eigenvalue weighted by atomic mass is 10.00. The number of hydrogen-bond acceptors (Lipinski definition) is 2. The van der Waals surface area contributed by atoms with Crippen LogP contribution in [0.4, 0.5) is 8.78 Å². The summed E-state index contributed by atoms with van der Waals surface area (Å²) in [7, 11) is 0. The van der Waals surface area contributed by atoms with Crippen LogP contribution >= 0.6 is 11.3 Å². The number of H-pyrrole nitrogens is 1. The van der Waals surface area contributed by atoms with Gasteiger partial charge < -0.3 is 10.7 Å². The van der Waals surface area contributed by atoms with Gasteiger partial charge in [0.05, 0.1) is 11.2 Å². The second-order valence-corrected chi connectivity index (χ2v) is 7.09. The van der Waals surface area contributed by atoms with Crippen LogP contribution in [0.25, 0.3) is 32.2 Å². The molecule has 2 aromatic heterocycles. The summed E-state index contributed by atoms with van der Waals surface area (Å²) in [5.74, 6) is -1.10. The SMILES string of the molecule is NCCCCc1c(-c2csc3ccccc23)[nH]c2c(F)cc(F)cc12. The molecular weight excluding hydrogens is 338 g/mol. The molecule has 2 aromatic carbocycles. The molecule has 4 rings (SSSR count). The zero-order chi connectivity index (χ0) is 17.4. The summed E-state index contributed by atoms with van der Waals surface area (Å²) >= 11 is 1.66. The summed E-state index contributed by atoms with van der Waals surface area (Å²) in [6.45, 7) is 0.613. The largest absolute Gasteiger partial charge is 0.352 e. The Hall–Kier alpha value is -2.24. The highest BCUT2D eigenvalue weighted by Gasteiger charge is 2.18. The monoisotopic (exact) mass is 356 g/mol. The van der Waals surface area contributed by atoms with Gasteiger partial charge in [-0.05, 0) is 43.5 Å². The Morgan fingerprint density at radius 3 is 2.72 bits per heavy atom. The maximum absolute atomic E-state index is 14.3. The third-order valence-corrected chi connectivity index (χ3v) is 5.53. The van der Waals surface area contributed by atoms with E-state index in [1.54, 1.807) is 11.3 Å². The number of aryl methyl sites for hydroxylation is 1. The summed E-state index contributed by atoms with van der Waals surface area (Å²) in [4.78, 5) is 3.21. The van der Waals surface area contributed by atoms with E-state index >= 15 is 0 Å². The first-order valence-corrected chi connectivity index (χ1v) is 9.23. The van der Waals surface area contributed by atoms with Gasteiger partial charge in [-0.25, -0.2) is 8.78 Å². The lowest BCUT2D eigenvalue weighted by molar-refractivity contribution is 0.591. The van der Waals surface area contributed by atoms with Crippen LogP contribution in [0, 0.1) is 11.6 Å². The number of nitrogens with two attached hydrogens (primary N) is 1. The fourth-order valence-corrected chi connectivity index (χ4v) is 4.33. The van der Waals surface area contributed by atoms with Gasteiger partial charge in [-0.2, -0.15) is 0 Å². The molecule has 0 amide bonds. The first-order chi connectivity index (χ1) is 12.2. The molecule has 0 aliphatic rings. The molecule has 25 heavy (non-hydrogen) atoms. The molecule has 0 fully saturated rings. The Labute approximate surface area is 148 Å². The molecule has 5 heteroatoms. The predicted molar refractivity (Wildman–Crippen MR) is 101 cm³/mol. The number of unbranched alkanes of at least 4 members (excludes halogenated alkanes) is 1. The van der Waals surface area contributed by atoms with Gasteiger partial charge in [-0.3, -0.25) is 0 Å². The number of fused-ring (bicyclic) bond motifs is 2. The molecule has 0 unspecified atom stereocenters. The molecule has 4 aromatic rings. The van der Waals surface area contributed by atoms with Crippen LogP contribution in [-0.2, 0) is 6.42 Å². The van der Waals surface area contributed by atoms with Crippen LogP contribution < -0.4 is 5.73 Å². The van der Waals surface area contributed by atoms with Crippen molar-refractivity contribution in [3.8, 4) is 11.3 Å². The predicted octanol–water partition coefficient (Wildman–Crippen LogP) is 5.61. The zero-order valence-electron chi connectivity index (χ0n) is 13.6. The van der Waals surface area contributed by atoms with Crippen LogP contribution in [0.2, 0.25) is 0 Å². The highest BCUT2D eigenvalue weighted by Crippen LogP contribution is 2.39. The molecule has 0 bridgehead atoms. The lowest BCUT2D eigenvalue weighted by Gasteiger charge is -2.05. The van der Waals surface area contributed by atoms with Crippen molar-refractivity contribution in [1.29, 1.82) is 0 Å². The molecule has 0 aliphatic heterocycles. The van der Waals surface area contributed by atoms with Gasteiger partial charge in [0, 0.05) is 32.5 Å². The maximum atomic E-state index is 14.3. The molecular formula is C20H18F2N2S. The van der Waals surface area contributed by atoms with E-state index < -0.39 is 11.6 Å². The quantitative estimate of drug-likeness (QED) is 0.448. The minimum absolute atomic E-state index is 0.370. The van der Waals surface area contributed by atoms with Gasteiger partial charge in [-0.1, -0.05) is 18.2 Å². The second-order valence-electron chi connectivity index (χ2n) is 6.18. The van der Waals surface area contributed by atoms with Crippen molar-refractivity contribution >= 4 is 32.3 Å². The number of rotatable bonds is 5. The van der Waals surface area contributed by atoms with E-state index in [9.17, 15) is 8.78 Å². The number of thiophene rings is 1. The van der Waals surface area contributed by atoms with Gasteiger partial charge in [0.15, 0.2) is 0 Å². The summed E-state index contributed by atoms with van der Waals surface area (Å²) in [5, 5.41) is 3.83. The molecule has 0 atom stereocenters. The molecule has 2 nitrogen and oxygen atoms in total. The average molecular weight is 356 g/mol.